The number of benzene rings is 1. The molecule has 0 atom stereocenters. The summed E-state index contributed by atoms with van der Waals surface area (Å²) in [6.45, 7) is 1.86. The average molecular weight is 366 g/mol. The van der Waals surface area contributed by atoms with E-state index in [1.807, 2.05) is 12.1 Å². The number of aliphatic imine (C=N–C) groups is 1. The molecule has 0 saturated heterocycles. The van der Waals surface area contributed by atoms with Crippen molar-refractivity contribution in [1.29, 1.82) is 0 Å². The van der Waals surface area contributed by atoms with E-state index in [1.165, 1.54) is 6.26 Å². The second-order valence-corrected chi connectivity index (χ2v) is 8.17. The van der Waals surface area contributed by atoms with Crippen LogP contribution in [0.25, 0.3) is 0 Å². The highest BCUT2D eigenvalue weighted by atomic mass is 32.2. The molecule has 8 heteroatoms. The first-order chi connectivity index (χ1) is 11.9. The molecule has 1 aliphatic carbocycles. The van der Waals surface area contributed by atoms with Gasteiger partial charge in [-0.1, -0.05) is 12.1 Å². The van der Waals surface area contributed by atoms with Crippen molar-refractivity contribution in [1.82, 2.24) is 16.0 Å². The Morgan fingerprint density at radius 1 is 1.08 bits per heavy atom. The number of hydrogen-bond donors (Lipinski definition) is 3. The Labute approximate surface area is 149 Å². The minimum atomic E-state index is -3.15. The van der Waals surface area contributed by atoms with Crippen molar-refractivity contribution in [2.45, 2.75) is 24.2 Å². The quantitative estimate of drug-likeness (QED) is 0.350. The molecule has 0 spiro atoms. The van der Waals surface area contributed by atoms with Crippen molar-refractivity contribution in [3.63, 3.8) is 0 Å². The van der Waals surface area contributed by atoms with Gasteiger partial charge in [0.25, 0.3) is 0 Å². The molecule has 1 aliphatic rings. The van der Waals surface area contributed by atoms with Crippen LogP contribution in [0.1, 0.15) is 18.4 Å². The zero-order valence-electron chi connectivity index (χ0n) is 14.7. The fourth-order valence-electron chi connectivity index (χ4n) is 2.31. The van der Waals surface area contributed by atoms with Crippen LogP contribution >= 0.6 is 0 Å². The van der Waals surface area contributed by atoms with Gasteiger partial charge in [0.15, 0.2) is 15.8 Å². The van der Waals surface area contributed by atoms with Crippen LogP contribution in [0.4, 0.5) is 0 Å². The Hall–Kier alpha value is -2.09. The van der Waals surface area contributed by atoms with Gasteiger partial charge in [-0.25, -0.2) is 8.42 Å². The highest BCUT2D eigenvalue weighted by Gasteiger charge is 2.28. The number of nitrogens with zero attached hydrogens (tertiary/aromatic N) is 1. The molecule has 25 heavy (non-hydrogen) atoms. The van der Waals surface area contributed by atoms with Crippen molar-refractivity contribution in [2.24, 2.45) is 10.9 Å². The molecule has 1 saturated carbocycles. The lowest BCUT2D eigenvalue weighted by molar-refractivity contribution is -0.122. The molecule has 0 aromatic heterocycles. The van der Waals surface area contributed by atoms with E-state index in [1.54, 1.807) is 19.2 Å². The van der Waals surface area contributed by atoms with E-state index in [-0.39, 0.29) is 11.8 Å². The van der Waals surface area contributed by atoms with Crippen LogP contribution in [0.2, 0.25) is 0 Å². The molecular weight excluding hydrogens is 340 g/mol. The Morgan fingerprint density at radius 2 is 1.68 bits per heavy atom. The minimum absolute atomic E-state index is 0.141. The summed E-state index contributed by atoms with van der Waals surface area (Å²) in [5.74, 6) is 1.04. The molecule has 0 bridgehead atoms. The number of amides is 1. The van der Waals surface area contributed by atoms with E-state index in [4.69, 9.17) is 0 Å². The van der Waals surface area contributed by atoms with Crippen LogP contribution in [0.3, 0.4) is 0 Å². The van der Waals surface area contributed by atoms with E-state index in [0.29, 0.717) is 30.5 Å². The Kier molecular flexibility index (Phi) is 6.81. The zero-order valence-corrected chi connectivity index (χ0v) is 15.5. The minimum Gasteiger partial charge on any atom is -0.356 e. The van der Waals surface area contributed by atoms with E-state index >= 15 is 0 Å². The summed E-state index contributed by atoms with van der Waals surface area (Å²) >= 11 is 0. The summed E-state index contributed by atoms with van der Waals surface area (Å²) in [4.78, 5) is 16.0. The van der Waals surface area contributed by atoms with Crippen molar-refractivity contribution < 1.29 is 13.2 Å². The van der Waals surface area contributed by atoms with E-state index in [0.717, 1.165) is 24.8 Å². The number of guanidine groups is 1. The van der Waals surface area contributed by atoms with Gasteiger partial charge < -0.3 is 16.0 Å². The third-order valence-corrected chi connectivity index (χ3v) is 5.07. The second-order valence-electron chi connectivity index (χ2n) is 6.16. The molecule has 1 fully saturated rings. The van der Waals surface area contributed by atoms with Crippen LogP contribution < -0.4 is 16.0 Å². The lowest BCUT2D eigenvalue weighted by Crippen LogP contribution is -2.42. The molecule has 0 heterocycles. The first kappa shape index (κ1) is 19.2. The first-order valence-corrected chi connectivity index (χ1v) is 10.3. The molecule has 1 amide bonds. The molecule has 138 valence electrons. The predicted octanol–water partition coefficient (Wildman–Crippen LogP) is 0.324. The summed E-state index contributed by atoms with van der Waals surface area (Å²) in [5.41, 5.74) is 1.05. The van der Waals surface area contributed by atoms with Crippen molar-refractivity contribution in [3.8, 4) is 0 Å². The van der Waals surface area contributed by atoms with Crippen LogP contribution in [-0.4, -0.2) is 53.2 Å². The number of hydrogen-bond acceptors (Lipinski definition) is 4. The fourth-order valence-corrected chi connectivity index (χ4v) is 2.94. The zero-order chi connectivity index (χ0) is 18.3. The number of nitrogens with one attached hydrogen (secondary N) is 3. The molecular formula is C17H26N4O3S. The number of rotatable bonds is 8. The Morgan fingerprint density at radius 3 is 2.24 bits per heavy atom. The van der Waals surface area contributed by atoms with Gasteiger partial charge in [0.1, 0.15) is 0 Å². The van der Waals surface area contributed by atoms with Crippen LogP contribution in [0, 0.1) is 5.92 Å². The Bertz CT molecular complexity index is 710. The summed E-state index contributed by atoms with van der Waals surface area (Å²) in [5, 5.41) is 9.23. The predicted molar refractivity (Wildman–Crippen MR) is 98.4 cm³/mol. The molecule has 1 aromatic carbocycles. The van der Waals surface area contributed by atoms with Crippen molar-refractivity contribution in [3.05, 3.63) is 29.8 Å². The maximum Gasteiger partial charge on any atom is 0.223 e. The maximum atomic E-state index is 11.5. The molecule has 3 N–H and O–H groups in total. The number of sulfone groups is 1. The third-order valence-electron chi connectivity index (χ3n) is 3.95. The highest BCUT2D eigenvalue weighted by molar-refractivity contribution is 7.90. The van der Waals surface area contributed by atoms with Crippen LogP contribution in [0.5, 0.6) is 0 Å². The normalized spacial score (nSPS) is 14.9. The van der Waals surface area contributed by atoms with Gasteiger partial charge in [-0.2, -0.15) is 0 Å². The van der Waals surface area contributed by atoms with Gasteiger partial charge >= 0.3 is 0 Å². The topological polar surface area (TPSA) is 99.7 Å². The summed E-state index contributed by atoms with van der Waals surface area (Å²) in [6, 6.07) is 6.89. The molecule has 1 aromatic rings. The van der Waals surface area contributed by atoms with Gasteiger partial charge in [-0.15, -0.1) is 0 Å². The van der Waals surface area contributed by atoms with E-state index in [9.17, 15) is 13.2 Å². The van der Waals surface area contributed by atoms with Gasteiger partial charge in [0.2, 0.25) is 5.91 Å². The molecule has 7 nitrogen and oxygen atoms in total. The maximum absolute atomic E-state index is 11.5. The van der Waals surface area contributed by atoms with Gasteiger partial charge in [-0.05, 0) is 37.0 Å². The monoisotopic (exact) mass is 366 g/mol. The lowest BCUT2D eigenvalue weighted by Gasteiger charge is -2.12. The van der Waals surface area contributed by atoms with Gasteiger partial charge in [-0.3, -0.25) is 9.79 Å². The van der Waals surface area contributed by atoms with Crippen molar-refractivity contribution >= 4 is 21.7 Å². The lowest BCUT2D eigenvalue weighted by atomic mass is 10.1. The molecule has 0 aliphatic heterocycles. The highest BCUT2D eigenvalue weighted by Crippen LogP contribution is 2.28. The molecule has 0 unspecified atom stereocenters. The van der Waals surface area contributed by atoms with E-state index in [2.05, 4.69) is 20.9 Å². The third kappa shape index (κ3) is 6.74. The molecule has 2 rings (SSSR count). The Balaban J connectivity index is 1.65. The summed E-state index contributed by atoms with van der Waals surface area (Å²) in [7, 11) is -1.46. The number of carbonyl (C=O) groups excluding carboxylic acids is 1. The van der Waals surface area contributed by atoms with E-state index < -0.39 is 9.84 Å². The number of carbonyl (C=O) groups is 1. The fraction of sp³-hybridized carbons (Fsp3) is 0.529. The van der Waals surface area contributed by atoms with Crippen LogP contribution in [-0.2, 0) is 21.1 Å². The second kappa shape index (κ2) is 8.84. The van der Waals surface area contributed by atoms with Gasteiger partial charge in [0.05, 0.1) is 4.90 Å². The standard InChI is InChI=1S/C17H26N4O3S/c1-18-17(21-12-11-19-16(22)14-5-6-14)20-10-9-13-3-7-15(8-4-13)25(2,23)24/h3-4,7-8,14H,5-6,9-12H2,1-2H3,(H,19,22)(H2,18,20,21). The van der Waals surface area contributed by atoms with Gasteiger partial charge in [0, 0.05) is 38.9 Å². The van der Waals surface area contributed by atoms with Crippen molar-refractivity contribution in [2.75, 3.05) is 32.9 Å². The summed E-state index contributed by atoms with van der Waals surface area (Å²) < 4.78 is 22.9. The van der Waals surface area contributed by atoms with Crippen LogP contribution in [0.15, 0.2) is 34.2 Å². The summed E-state index contributed by atoms with van der Waals surface area (Å²) in [6.07, 6.45) is 3.97. The first-order valence-electron chi connectivity index (χ1n) is 8.41. The SMILES string of the molecule is CN=C(NCCNC(=O)C1CC1)NCCc1ccc(S(C)(=O)=O)cc1. The largest absolute Gasteiger partial charge is 0.356 e. The average Bonchev–Trinajstić information content (AvgIpc) is 3.41. The molecule has 0 radical (unpaired) electrons. The smallest absolute Gasteiger partial charge is 0.223 e.